The maximum atomic E-state index is 12.6. The average molecular weight is 427 g/mol. The van der Waals surface area contributed by atoms with Gasteiger partial charge in [0, 0.05) is 29.9 Å². The Morgan fingerprint density at radius 2 is 1.75 bits per heavy atom. The first-order valence-electron chi connectivity index (χ1n) is 11.1. The van der Waals surface area contributed by atoms with E-state index in [1.807, 2.05) is 51.8 Å². The quantitative estimate of drug-likeness (QED) is 0.458. The number of carbonyl (C=O) groups excluding carboxylic acids is 1. The van der Waals surface area contributed by atoms with E-state index in [1.54, 1.807) is 13.4 Å². The number of aromatic nitrogens is 3. The molecule has 1 aliphatic heterocycles. The molecule has 6 heteroatoms. The van der Waals surface area contributed by atoms with Gasteiger partial charge in [0.2, 0.25) is 0 Å². The summed E-state index contributed by atoms with van der Waals surface area (Å²) >= 11 is 0. The summed E-state index contributed by atoms with van der Waals surface area (Å²) in [7, 11) is 1.70. The van der Waals surface area contributed by atoms with Gasteiger partial charge in [0.1, 0.15) is 12.1 Å². The molecule has 0 N–H and O–H groups in total. The smallest absolute Gasteiger partial charge is 0.253 e. The fourth-order valence-corrected chi connectivity index (χ4v) is 4.46. The summed E-state index contributed by atoms with van der Waals surface area (Å²) in [5, 5.41) is 8.54. The lowest BCUT2D eigenvalue weighted by molar-refractivity contribution is 0.0793. The van der Waals surface area contributed by atoms with Crippen LogP contribution in [0.2, 0.25) is 0 Å². The lowest BCUT2D eigenvalue weighted by Crippen LogP contribution is -2.27. The second-order valence-electron chi connectivity index (χ2n) is 8.15. The van der Waals surface area contributed by atoms with E-state index >= 15 is 0 Å². The van der Waals surface area contributed by atoms with Crippen LogP contribution in [0.15, 0.2) is 67.0 Å². The van der Waals surface area contributed by atoms with Crippen LogP contribution in [0.4, 0.5) is 0 Å². The highest BCUT2D eigenvalue weighted by atomic mass is 16.5. The topological polar surface area (TPSA) is 59.7 Å². The van der Waals surface area contributed by atoms with Crippen molar-refractivity contribution in [3.63, 3.8) is 0 Å². The van der Waals surface area contributed by atoms with E-state index in [0.29, 0.717) is 0 Å². The zero-order chi connectivity index (χ0) is 21.9. The standard InChI is InChI=1S/C26H26N4O2/c1-32-24-7-3-2-6-20(24)12-13-22-14-15-23(25-28-27-18-30(22)25)19-8-10-21(11-9-19)26(31)29-16-4-5-17-29/h2-3,6-11,14-15,18H,4-5,12-13,16-17H2,1H3. The number of pyridine rings is 1. The molecular weight excluding hydrogens is 400 g/mol. The SMILES string of the molecule is COc1ccccc1CCc1ccc(-c2ccc(C(=O)N3CCCC3)cc2)c2nncn12. The number of hydrogen-bond donors (Lipinski definition) is 0. The predicted molar refractivity (Wildman–Crippen MR) is 124 cm³/mol. The highest BCUT2D eigenvalue weighted by molar-refractivity contribution is 5.95. The van der Waals surface area contributed by atoms with Crippen LogP contribution < -0.4 is 4.74 Å². The van der Waals surface area contributed by atoms with Gasteiger partial charge < -0.3 is 9.64 Å². The number of benzene rings is 2. The fraction of sp³-hybridized carbons (Fsp3) is 0.269. The van der Waals surface area contributed by atoms with Crippen LogP contribution in [-0.4, -0.2) is 45.6 Å². The van der Waals surface area contributed by atoms with Crippen molar-refractivity contribution >= 4 is 11.6 Å². The lowest BCUT2D eigenvalue weighted by Gasteiger charge is -2.15. The molecule has 4 aromatic rings. The Morgan fingerprint density at radius 1 is 0.969 bits per heavy atom. The molecule has 1 amide bonds. The van der Waals surface area contributed by atoms with Crippen LogP contribution >= 0.6 is 0 Å². The number of rotatable bonds is 6. The predicted octanol–water partition coefficient (Wildman–Crippen LogP) is 4.43. The van der Waals surface area contributed by atoms with Gasteiger partial charge >= 0.3 is 0 Å². The number of ether oxygens (including phenoxy) is 1. The summed E-state index contributed by atoms with van der Waals surface area (Å²) in [5.74, 6) is 1.03. The molecule has 0 radical (unpaired) electrons. The van der Waals surface area contributed by atoms with Gasteiger partial charge in [-0.1, -0.05) is 30.3 Å². The molecule has 5 rings (SSSR count). The van der Waals surface area contributed by atoms with Gasteiger partial charge in [-0.05, 0) is 67.1 Å². The summed E-state index contributed by atoms with van der Waals surface area (Å²) in [6.07, 6.45) is 5.67. The number of aryl methyl sites for hydroxylation is 2. The molecule has 32 heavy (non-hydrogen) atoms. The number of hydrogen-bond acceptors (Lipinski definition) is 4. The highest BCUT2D eigenvalue weighted by Crippen LogP contribution is 2.27. The van der Waals surface area contributed by atoms with E-state index in [9.17, 15) is 4.79 Å². The molecule has 6 nitrogen and oxygen atoms in total. The molecule has 162 valence electrons. The highest BCUT2D eigenvalue weighted by Gasteiger charge is 2.19. The van der Waals surface area contributed by atoms with Crippen LogP contribution in [0.25, 0.3) is 16.8 Å². The van der Waals surface area contributed by atoms with Gasteiger partial charge in [0.25, 0.3) is 5.91 Å². The molecule has 2 aromatic carbocycles. The van der Waals surface area contributed by atoms with Crippen molar-refractivity contribution in [3.8, 4) is 16.9 Å². The number of amides is 1. The molecule has 1 aliphatic rings. The van der Waals surface area contributed by atoms with Crippen LogP contribution in [0, 0.1) is 0 Å². The van der Waals surface area contributed by atoms with Gasteiger partial charge in [0.15, 0.2) is 5.65 Å². The van der Waals surface area contributed by atoms with Crippen LogP contribution in [0.1, 0.15) is 34.5 Å². The summed E-state index contributed by atoms with van der Waals surface area (Å²) in [6, 6.07) is 20.2. The fourth-order valence-electron chi connectivity index (χ4n) is 4.46. The van der Waals surface area contributed by atoms with Crippen molar-refractivity contribution < 1.29 is 9.53 Å². The van der Waals surface area contributed by atoms with Crippen LogP contribution in [0.5, 0.6) is 5.75 Å². The van der Waals surface area contributed by atoms with Crippen LogP contribution in [-0.2, 0) is 12.8 Å². The second kappa shape index (κ2) is 8.83. The Labute approximate surface area is 187 Å². The first kappa shape index (κ1) is 20.2. The van der Waals surface area contributed by atoms with Crippen molar-refractivity contribution in [2.75, 3.05) is 20.2 Å². The monoisotopic (exact) mass is 426 g/mol. The largest absolute Gasteiger partial charge is 0.496 e. The van der Waals surface area contributed by atoms with Gasteiger partial charge in [-0.3, -0.25) is 9.20 Å². The second-order valence-corrected chi connectivity index (χ2v) is 8.15. The molecule has 1 saturated heterocycles. The van der Waals surface area contributed by atoms with Crippen molar-refractivity contribution in [2.45, 2.75) is 25.7 Å². The van der Waals surface area contributed by atoms with E-state index in [4.69, 9.17) is 4.74 Å². The minimum atomic E-state index is 0.119. The van der Waals surface area contributed by atoms with Crippen LogP contribution in [0.3, 0.4) is 0 Å². The Kier molecular flexibility index (Phi) is 5.58. The first-order valence-corrected chi connectivity index (χ1v) is 11.1. The Morgan fingerprint density at radius 3 is 2.53 bits per heavy atom. The Hall–Kier alpha value is -3.67. The summed E-state index contributed by atoms with van der Waals surface area (Å²) < 4.78 is 7.53. The zero-order valence-corrected chi connectivity index (χ0v) is 18.2. The number of carbonyl (C=O) groups is 1. The number of nitrogens with zero attached hydrogens (tertiary/aromatic N) is 4. The summed E-state index contributed by atoms with van der Waals surface area (Å²) in [4.78, 5) is 14.6. The van der Waals surface area contributed by atoms with Gasteiger partial charge in [-0.15, -0.1) is 10.2 Å². The molecule has 0 bridgehead atoms. The minimum Gasteiger partial charge on any atom is -0.496 e. The maximum Gasteiger partial charge on any atom is 0.253 e. The Bertz CT molecular complexity index is 1240. The van der Waals surface area contributed by atoms with Gasteiger partial charge in [0.05, 0.1) is 7.11 Å². The number of likely N-dealkylation sites (tertiary alicyclic amines) is 1. The molecule has 3 heterocycles. The first-order chi connectivity index (χ1) is 15.7. The molecule has 0 saturated carbocycles. The maximum absolute atomic E-state index is 12.6. The van der Waals surface area contributed by atoms with Crippen molar-refractivity contribution in [3.05, 3.63) is 83.8 Å². The molecular formula is C26H26N4O2. The molecule has 0 unspecified atom stereocenters. The van der Waals surface area contributed by atoms with Crippen molar-refractivity contribution in [2.24, 2.45) is 0 Å². The van der Waals surface area contributed by atoms with E-state index in [0.717, 1.165) is 72.6 Å². The molecule has 0 aliphatic carbocycles. The third-order valence-electron chi connectivity index (χ3n) is 6.22. The van der Waals surface area contributed by atoms with Crippen molar-refractivity contribution in [1.29, 1.82) is 0 Å². The van der Waals surface area contributed by atoms with E-state index in [2.05, 4.69) is 28.4 Å². The third kappa shape index (κ3) is 3.84. The minimum absolute atomic E-state index is 0.119. The normalized spacial score (nSPS) is 13.6. The summed E-state index contributed by atoms with van der Waals surface area (Å²) in [6.45, 7) is 1.72. The molecule has 0 atom stereocenters. The Balaban J connectivity index is 1.39. The van der Waals surface area contributed by atoms with E-state index in [1.165, 1.54) is 5.56 Å². The van der Waals surface area contributed by atoms with E-state index < -0.39 is 0 Å². The number of para-hydroxylation sites is 1. The van der Waals surface area contributed by atoms with Gasteiger partial charge in [-0.25, -0.2) is 0 Å². The molecule has 1 fully saturated rings. The van der Waals surface area contributed by atoms with Crippen molar-refractivity contribution in [1.82, 2.24) is 19.5 Å². The lowest BCUT2D eigenvalue weighted by atomic mass is 10.0. The molecule has 2 aromatic heterocycles. The number of methoxy groups -OCH3 is 1. The third-order valence-corrected chi connectivity index (χ3v) is 6.22. The summed E-state index contributed by atoms with van der Waals surface area (Å²) in [5.41, 5.74) is 5.91. The van der Waals surface area contributed by atoms with Gasteiger partial charge in [-0.2, -0.15) is 0 Å². The van der Waals surface area contributed by atoms with E-state index in [-0.39, 0.29) is 5.91 Å². The average Bonchev–Trinajstić information content (AvgIpc) is 3.55. The zero-order valence-electron chi connectivity index (χ0n) is 18.2. The number of fused-ring (bicyclic) bond motifs is 1. The molecule has 0 spiro atoms.